The summed E-state index contributed by atoms with van der Waals surface area (Å²) in [5, 5.41) is 0. The number of anilines is 1. The average molecular weight is 247 g/mol. The molecule has 5 heteroatoms. The summed E-state index contributed by atoms with van der Waals surface area (Å²) in [4.78, 5) is 29.5. The van der Waals surface area contributed by atoms with Gasteiger partial charge in [-0.1, -0.05) is 0 Å². The Labute approximate surface area is 106 Å². The highest BCUT2D eigenvalue weighted by Gasteiger charge is 2.19. The van der Waals surface area contributed by atoms with Crippen LogP contribution in [-0.2, 0) is 9.59 Å². The van der Waals surface area contributed by atoms with Crippen molar-refractivity contribution in [3.8, 4) is 0 Å². The van der Waals surface area contributed by atoms with Gasteiger partial charge in [0.05, 0.1) is 5.69 Å². The Hall–Kier alpha value is -2.04. The van der Waals surface area contributed by atoms with E-state index >= 15 is 0 Å². The number of hydrogen-bond donors (Lipinski definition) is 1. The molecule has 1 aromatic rings. The van der Waals surface area contributed by atoms with Gasteiger partial charge in [-0.15, -0.1) is 0 Å². The molecule has 1 saturated heterocycles. The monoisotopic (exact) mass is 247 g/mol. The lowest BCUT2D eigenvalue weighted by atomic mass is 10.2. The smallest absolute Gasteiger partial charge is 0.246 e. The standard InChI is InChI=1S/C13H17N3O2/c1-11(17)2-3-13(18)16-8-6-15(7-9-16)12-4-5-14-10-12/h2-5,10,14H,6-9H2,1H3. The fraction of sp³-hybridized carbons (Fsp3) is 0.385. The number of carbonyl (C=O) groups excluding carboxylic acids is 2. The SMILES string of the molecule is CC(=O)C=CC(=O)N1CCN(c2cc[nH]c2)CC1. The van der Waals surface area contributed by atoms with Gasteiger partial charge in [-0.25, -0.2) is 0 Å². The van der Waals surface area contributed by atoms with E-state index in [0.717, 1.165) is 18.8 Å². The molecule has 0 atom stereocenters. The number of aromatic nitrogens is 1. The number of nitrogens with one attached hydrogen (secondary N) is 1. The zero-order valence-corrected chi connectivity index (χ0v) is 10.4. The Bertz CT molecular complexity index is 443. The summed E-state index contributed by atoms with van der Waals surface area (Å²) >= 11 is 0. The van der Waals surface area contributed by atoms with Gasteiger partial charge in [-0.2, -0.15) is 0 Å². The molecule has 0 unspecified atom stereocenters. The summed E-state index contributed by atoms with van der Waals surface area (Å²) < 4.78 is 0. The summed E-state index contributed by atoms with van der Waals surface area (Å²) in [6.45, 7) is 4.45. The van der Waals surface area contributed by atoms with Gasteiger partial charge >= 0.3 is 0 Å². The van der Waals surface area contributed by atoms with E-state index in [0.29, 0.717) is 13.1 Å². The fourth-order valence-corrected chi connectivity index (χ4v) is 1.99. The number of nitrogens with zero attached hydrogens (tertiary/aromatic N) is 2. The molecule has 18 heavy (non-hydrogen) atoms. The third-order valence-electron chi connectivity index (χ3n) is 3.00. The minimum Gasteiger partial charge on any atom is -0.367 e. The molecule has 1 N–H and O–H groups in total. The van der Waals surface area contributed by atoms with Crippen molar-refractivity contribution in [1.29, 1.82) is 0 Å². The maximum Gasteiger partial charge on any atom is 0.246 e. The van der Waals surface area contributed by atoms with E-state index < -0.39 is 0 Å². The number of aromatic amines is 1. The lowest BCUT2D eigenvalue weighted by molar-refractivity contribution is -0.126. The molecule has 0 bridgehead atoms. The molecule has 1 aliphatic heterocycles. The van der Waals surface area contributed by atoms with Crippen LogP contribution < -0.4 is 4.90 Å². The number of hydrogen-bond acceptors (Lipinski definition) is 3. The summed E-state index contributed by atoms with van der Waals surface area (Å²) in [7, 11) is 0. The second-order valence-corrected chi connectivity index (χ2v) is 4.33. The van der Waals surface area contributed by atoms with Gasteiger partial charge in [0.25, 0.3) is 0 Å². The number of carbonyl (C=O) groups is 2. The van der Waals surface area contributed by atoms with E-state index in [1.807, 2.05) is 18.5 Å². The summed E-state index contributed by atoms with van der Waals surface area (Å²) in [6.07, 6.45) is 6.52. The molecule has 1 amide bonds. The van der Waals surface area contributed by atoms with Crippen molar-refractivity contribution >= 4 is 17.4 Å². The number of allylic oxidation sites excluding steroid dienone is 1. The van der Waals surface area contributed by atoms with Gasteiger partial charge in [0, 0.05) is 44.6 Å². The van der Waals surface area contributed by atoms with E-state index in [-0.39, 0.29) is 11.7 Å². The number of H-pyrrole nitrogens is 1. The van der Waals surface area contributed by atoms with Crippen LogP contribution >= 0.6 is 0 Å². The highest BCUT2D eigenvalue weighted by Crippen LogP contribution is 2.14. The maximum atomic E-state index is 11.8. The number of amides is 1. The maximum absolute atomic E-state index is 11.8. The third kappa shape index (κ3) is 3.00. The molecular weight excluding hydrogens is 230 g/mol. The molecular formula is C13H17N3O2. The topological polar surface area (TPSA) is 56.4 Å². The Morgan fingerprint density at radius 1 is 1.22 bits per heavy atom. The average Bonchev–Trinajstić information content (AvgIpc) is 2.90. The lowest BCUT2D eigenvalue weighted by Gasteiger charge is -2.35. The quantitative estimate of drug-likeness (QED) is 0.804. The molecule has 0 radical (unpaired) electrons. The van der Waals surface area contributed by atoms with Crippen LogP contribution in [0.3, 0.4) is 0 Å². The van der Waals surface area contributed by atoms with Crippen molar-refractivity contribution in [3.05, 3.63) is 30.6 Å². The van der Waals surface area contributed by atoms with Crippen molar-refractivity contribution in [2.24, 2.45) is 0 Å². The molecule has 2 rings (SSSR count). The first-order valence-corrected chi connectivity index (χ1v) is 6.02. The number of piperazine rings is 1. The van der Waals surface area contributed by atoms with Crippen LogP contribution in [0.4, 0.5) is 5.69 Å². The van der Waals surface area contributed by atoms with Crippen molar-refractivity contribution < 1.29 is 9.59 Å². The Balaban J connectivity index is 1.87. The van der Waals surface area contributed by atoms with Gasteiger partial charge < -0.3 is 14.8 Å². The molecule has 2 heterocycles. The lowest BCUT2D eigenvalue weighted by Crippen LogP contribution is -2.48. The summed E-state index contributed by atoms with van der Waals surface area (Å²) in [5.41, 5.74) is 1.15. The second-order valence-electron chi connectivity index (χ2n) is 4.33. The molecule has 0 spiro atoms. The zero-order chi connectivity index (χ0) is 13.0. The first kappa shape index (κ1) is 12.4. The Morgan fingerprint density at radius 3 is 2.50 bits per heavy atom. The van der Waals surface area contributed by atoms with Crippen molar-refractivity contribution in [2.45, 2.75) is 6.92 Å². The van der Waals surface area contributed by atoms with Crippen molar-refractivity contribution in [3.63, 3.8) is 0 Å². The first-order valence-electron chi connectivity index (χ1n) is 6.02. The molecule has 5 nitrogen and oxygen atoms in total. The van der Waals surface area contributed by atoms with Crippen LogP contribution in [0.1, 0.15) is 6.92 Å². The van der Waals surface area contributed by atoms with Crippen LogP contribution in [0.25, 0.3) is 0 Å². The van der Waals surface area contributed by atoms with Crippen molar-refractivity contribution in [2.75, 3.05) is 31.1 Å². The summed E-state index contributed by atoms with van der Waals surface area (Å²) in [5.74, 6) is -0.187. The second kappa shape index (κ2) is 5.53. The molecule has 96 valence electrons. The largest absolute Gasteiger partial charge is 0.367 e. The molecule has 0 saturated carbocycles. The van der Waals surface area contributed by atoms with Crippen LogP contribution in [0.15, 0.2) is 30.6 Å². The highest BCUT2D eigenvalue weighted by atomic mass is 16.2. The van der Waals surface area contributed by atoms with Crippen LogP contribution in [0.2, 0.25) is 0 Å². The Kier molecular flexibility index (Phi) is 3.82. The van der Waals surface area contributed by atoms with E-state index in [9.17, 15) is 9.59 Å². The van der Waals surface area contributed by atoms with E-state index in [2.05, 4.69) is 9.88 Å². The zero-order valence-electron chi connectivity index (χ0n) is 10.4. The van der Waals surface area contributed by atoms with E-state index in [1.54, 1.807) is 4.90 Å². The fourth-order valence-electron chi connectivity index (χ4n) is 1.99. The minimum atomic E-state index is -0.102. The van der Waals surface area contributed by atoms with Crippen LogP contribution in [0.5, 0.6) is 0 Å². The number of rotatable bonds is 3. The van der Waals surface area contributed by atoms with Gasteiger partial charge in [0.1, 0.15) is 0 Å². The minimum absolute atomic E-state index is 0.0843. The molecule has 0 aliphatic carbocycles. The molecule has 1 aromatic heterocycles. The van der Waals surface area contributed by atoms with E-state index in [4.69, 9.17) is 0 Å². The predicted octanol–water partition coefficient (Wildman–Crippen LogP) is 0.808. The van der Waals surface area contributed by atoms with Crippen molar-refractivity contribution in [1.82, 2.24) is 9.88 Å². The Morgan fingerprint density at radius 2 is 1.94 bits per heavy atom. The normalized spacial score (nSPS) is 16.3. The van der Waals surface area contributed by atoms with Crippen LogP contribution in [0, 0.1) is 0 Å². The van der Waals surface area contributed by atoms with Crippen LogP contribution in [-0.4, -0.2) is 47.8 Å². The number of ketones is 1. The molecule has 1 aliphatic rings. The summed E-state index contributed by atoms with van der Waals surface area (Å²) in [6, 6.07) is 2.02. The third-order valence-corrected chi connectivity index (χ3v) is 3.00. The predicted molar refractivity (Wildman–Crippen MR) is 69.4 cm³/mol. The van der Waals surface area contributed by atoms with Gasteiger partial charge in [-0.3, -0.25) is 9.59 Å². The van der Waals surface area contributed by atoms with Gasteiger partial charge in [0.2, 0.25) is 5.91 Å². The highest BCUT2D eigenvalue weighted by molar-refractivity contribution is 5.96. The van der Waals surface area contributed by atoms with Gasteiger partial charge in [0.15, 0.2) is 5.78 Å². The first-order chi connectivity index (χ1) is 8.66. The molecule has 0 aromatic carbocycles. The van der Waals surface area contributed by atoms with E-state index in [1.165, 1.54) is 19.1 Å². The van der Waals surface area contributed by atoms with Gasteiger partial charge in [-0.05, 0) is 19.1 Å². The molecule has 1 fully saturated rings.